The number of carbonyl (C=O) groups is 1. The van der Waals surface area contributed by atoms with E-state index >= 15 is 0 Å². The van der Waals surface area contributed by atoms with Gasteiger partial charge in [-0.2, -0.15) is 0 Å². The van der Waals surface area contributed by atoms with E-state index in [0.717, 1.165) is 30.9 Å². The van der Waals surface area contributed by atoms with Gasteiger partial charge in [0.1, 0.15) is 0 Å². The fourth-order valence-electron chi connectivity index (χ4n) is 3.11. The summed E-state index contributed by atoms with van der Waals surface area (Å²) in [6, 6.07) is 4.07. The van der Waals surface area contributed by atoms with Crippen molar-refractivity contribution in [1.29, 1.82) is 0 Å². The van der Waals surface area contributed by atoms with Crippen LogP contribution in [0.4, 0.5) is 0 Å². The molecule has 162 valence electrons. The minimum Gasteiger partial charge on any atom is -0.367 e. The summed E-state index contributed by atoms with van der Waals surface area (Å²) in [7, 11) is 0. The second-order valence-corrected chi connectivity index (χ2v) is 10.0. The van der Waals surface area contributed by atoms with Crippen LogP contribution in [0.25, 0.3) is 0 Å². The van der Waals surface area contributed by atoms with Crippen LogP contribution in [0.15, 0.2) is 18.3 Å². The van der Waals surface area contributed by atoms with E-state index in [1.54, 1.807) is 5.06 Å². The van der Waals surface area contributed by atoms with Crippen LogP contribution in [0.2, 0.25) is 0 Å². The van der Waals surface area contributed by atoms with Gasteiger partial charge in [-0.15, -0.1) is 5.06 Å². The first kappa shape index (κ1) is 22.2. The lowest BCUT2D eigenvalue weighted by Gasteiger charge is -2.34. The van der Waals surface area contributed by atoms with Crippen LogP contribution in [0.5, 0.6) is 0 Å². The summed E-state index contributed by atoms with van der Waals surface area (Å²) in [5.74, 6) is -0.189. The molecule has 0 aliphatic carbocycles. The molecular weight excluding hydrogens is 370 g/mol. The fraction of sp³-hybridized carbons (Fsp3) is 0.727. The second kappa shape index (κ2) is 7.95. The first-order valence-corrected chi connectivity index (χ1v) is 10.4. The average molecular weight is 406 g/mol. The molecule has 0 amide bonds. The number of carbonyl (C=O) groups excluding carboxylic acids is 1. The van der Waals surface area contributed by atoms with E-state index in [1.165, 1.54) is 0 Å². The van der Waals surface area contributed by atoms with Gasteiger partial charge < -0.3 is 14.3 Å². The van der Waals surface area contributed by atoms with E-state index in [2.05, 4.69) is 9.88 Å². The van der Waals surface area contributed by atoms with Crippen LogP contribution >= 0.6 is 0 Å². The largest absolute Gasteiger partial charge is 0.367 e. The summed E-state index contributed by atoms with van der Waals surface area (Å²) in [5.41, 5.74) is 0.746. The summed E-state index contributed by atoms with van der Waals surface area (Å²) >= 11 is 0. The first-order chi connectivity index (χ1) is 13.4. The van der Waals surface area contributed by atoms with Crippen LogP contribution in [0, 0.1) is 5.41 Å². The molecule has 0 radical (unpaired) electrons. The van der Waals surface area contributed by atoms with Gasteiger partial charge in [-0.25, -0.2) is 4.79 Å². The topological polar surface area (TPSA) is 64.1 Å². The van der Waals surface area contributed by atoms with Gasteiger partial charge in [0.05, 0.1) is 22.3 Å². The molecule has 7 heteroatoms. The summed E-state index contributed by atoms with van der Waals surface area (Å²) in [6.45, 7) is 17.6. The summed E-state index contributed by atoms with van der Waals surface area (Å²) < 4.78 is 12.2. The van der Waals surface area contributed by atoms with Crippen molar-refractivity contribution >= 4 is 5.97 Å². The summed E-state index contributed by atoms with van der Waals surface area (Å²) in [5, 5.41) is 1.76. The van der Waals surface area contributed by atoms with E-state index < -0.39 is 5.41 Å². The SMILES string of the molecule is CC(C)(C)C(=O)ON1CCN(Cc2ccc(C3OC(C)(C)C(C)(C)O3)cn2)CC1. The lowest BCUT2D eigenvalue weighted by Crippen LogP contribution is -2.47. The number of piperazine rings is 1. The molecule has 1 aromatic rings. The Morgan fingerprint density at radius 1 is 1.10 bits per heavy atom. The zero-order valence-electron chi connectivity index (χ0n) is 18.8. The predicted octanol–water partition coefficient (Wildman–Crippen LogP) is 3.31. The molecule has 3 rings (SSSR count). The Hall–Kier alpha value is -1.54. The highest BCUT2D eigenvalue weighted by Gasteiger charge is 2.49. The van der Waals surface area contributed by atoms with Crippen molar-refractivity contribution in [2.24, 2.45) is 5.41 Å². The minimum atomic E-state index is -0.486. The third-order valence-electron chi connectivity index (χ3n) is 5.91. The molecule has 29 heavy (non-hydrogen) atoms. The van der Waals surface area contributed by atoms with Gasteiger partial charge in [-0.05, 0) is 54.5 Å². The van der Waals surface area contributed by atoms with Crippen molar-refractivity contribution in [1.82, 2.24) is 14.9 Å². The number of hydrogen-bond acceptors (Lipinski definition) is 7. The molecule has 0 bridgehead atoms. The van der Waals surface area contributed by atoms with E-state index in [4.69, 9.17) is 14.3 Å². The number of rotatable bonds is 4. The number of hydroxylamine groups is 2. The van der Waals surface area contributed by atoms with Crippen molar-refractivity contribution in [2.75, 3.05) is 26.2 Å². The van der Waals surface area contributed by atoms with Gasteiger partial charge in [0, 0.05) is 44.5 Å². The molecular formula is C22H35N3O4. The zero-order valence-corrected chi connectivity index (χ0v) is 18.8. The van der Waals surface area contributed by atoms with Gasteiger partial charge in [0.25, 0.3) is 0 Å². The van der Waals surface area contributed by atoms with Crippen molar-refractivity contribution < 1.29 is 19.1 Å². The Morgan fingerprint density at radius 2 is 1.69 bits per heavy atom. The predicted molar refractivity (Wildman–Crippen MR) is 110 cm³/mol. The third kappa shape index (κ3) is 5.15. The van der Waals surface area contributed by atoms with Gasteiger partial charge in [-0.3, -0.25) is 9.88 Å². The number of nitrogens with zero attached hydrogens (tertiary/aromatic N) is 3. The van der Waals surface area contributed by atoms with Gasteiger partial charge >= 0.3 is 5.97 Å². The summed E-state index contributed by atoms with van der Waals surface area (Å²) in [4.78, 5) is 24.4. The molecule has 3 heterocycles. The van der Waals surface area contributed by atoms with E-state index in [-0.39, 0.29) is 23.5 Å². The molecule has 2 aliphatic heterocycles. The molecule has 7 nitrogen and oxygen atoms in total. The third-order valence-corrected chi connectivity index (χ3v) is 5.91. The highest BCUT2D eigenvalue weighted by molar-refractivity contribution is 5.75. The van der Waals surface area contributed by atoms with E-state index in [9.17, 15) is 4.79 Å². The molecule has 1 aromatic heterocycles. The second-order valence-electron chi connectivity index (χ2n) is 10.0. The Morgan fingerprint density at radius 3 is 2.17 bits per heavy atom. The number of ether oxygens (including phenoxy) is 2. The molecule has 2 aliphatic rings. The first-order valence-electron chi connectivity index (χ1n) is 10.4. The van der Waals surface area contributed by atoms with Crippen LogP contribution in [-0.2, 0) is 25.7 Å². The molecule has 0 atom stereocenters. The molecule has 2 saturated heterocycles. The standard InChI is InChI=1S/C22H35N3O4/c1-20(2,3)19(26)29-25-12-10-24(11-13-25)15-17-9-8-16(14-23-17)18-27-21(4,5)22(6,7)28-18/h8-9,14,18H,10-13,15H2,1-7H3. The quantitative estimate of drug-likeness (QED) is 0.761. The fourth-order valence-corrected chi connectivity index (χ4v) is 3.11. The Labute approximate surface area is 174 Å². The lowest BCUT2D eigenvalue weighted by molar-refractivity contribution is -0.207. The molecule has 0 saturated carbocycles. The molecule has 0 unspecified atom stereocenters. The van der Waals surface area contributed by atoms with Crippen molar-refractivity contribution in [3.05, 3.63) is 29.6 Å². The lowest BCUT2D eigenvalue weighted by atomic mass is 9.90. The number of aromatic nitrogens is 1. The molecule has 0 N–H and O–H groups in total. The van der Waals surface area contributed by atoms with Gasteiger partial charge in [0.2, 0.25) is 0 Å². The minimum absolute atomic E-state index is 0.189. The van der Waals surface area contributed by atoms with Crippen molar-refractivity contribution in [3.63, 3.8) is 0 Å². The monoisotopic (exact) mass is 405 g/mol. The van der Waals surface area contributed by atoms with Gasteiger partial charge in [0.15, 0.2) is 6.29 Å². The Bertz CT molecular complexity index is 701. The normalized spacial score (nSPS) is 23.3. The highest BCUT2D eigenvalue weighted by Crippen LogP contribution is 2.44. The maximum absolute atomic E-state index is 12.0. The average Bonchev–Trinajstić information content (AvgIpc) is 2.84. The highest BCUT2D eigenvalue weighted by atomic mass is 16.7. The Kier molecular flexibility index (Phi) is 6.07. The maximum atomic E-state index is 12.0. The van der Waals surface area contributed by atoms with Gasteiger partial charge in [-0.1, -0.05) is 6.07 Å². The van der Waals surface area contributed by atoms with Crippen LogP contribution in [0.1, 0.15) is 66.0 Å². The van der Waals surface area contributed by atoms with Crippen molar-refractivity contribution in [3.8, 4) is 0 Å². The molecule has 0 spiro atoms. The maximum Gasteiger partial charge on any atom is 0.330 e. The number of hydrogen-bond donors (Lipinski definition) is 0. The van der Waals surface area contributed by atoms with Crippen LogP contribution < -0.4 is 0 Å². The zero-order chi connectivity index (χ0) is 21.4. The van der Waals surface area contributed by atoms with Crippen molar-refractivity contribution in [2.45, 2.75) is 72.5 Å². The molecule has 2 fully saturated rings. The number of pyridine rings is 1. The van der Waals surface area contributed by atoms with E-state index in [0.29, 0.717) is 13.1 Å². The Balaban J connectivity index is 1.50. The van der Waals surface area contributed by atoms with E-state index in [1.807, 2.05) is 66.8 Å². The smallest absolute Gasteiger partial charge is 0.330 e. The molecule has 0 aromatic carbocycles. The summed E-state index contributed by atoms with van der Waals surface area (Å²) in [6.07, 6.45) is 1.46. The van der Waals surface area contributed by atoms with Crippen LogP contribution in [0.3, 0.4) is 0 Å². The van der Waals surface area contributed by atoms with Crippen LogP contribution in [-0.4, -0.2) is 58.3 Å².